The van der Waals surface area contributed by atoms with Crippen LogP contribution in [0.5, 0.6) is 0 Å². The average molecular weight is 273 g/mol. The summed E-state index contributed by atoms with van der Waals surface area (Å²) in [6.07, 6.45) is 2.01. The lowest BCUT2D eigenvalue weighted by Gasteiger charge is -2.39. The van der Waals surface area contributed by atoms with Crippen LogP contribution in [-0.2, 0) is 10.0 Å². The second kappa shape index (κ2) is 6.50. The standard InChI is InChI=1S/C12H23N3O2S/c1-4-10-9-15(11(5-2)8-14-10)18(16,17)12(6-3)7-13/h10-12,14H,4-6,8-9H2,1-3H3. The molecule has 6 heteroatoms. The highest BCUT2D eigenvalue weighted by molar-refractivity contribution is 7.90. The molecule has 3 atom stereocenters. The number of sulfonamides is 1. The Bertz CT molecular complexity index is 402. The summed E-state index contributed by atoms with van der Waals surface area (Å²) in [7, 11) is -3.50. The van der Waals surface area contributed by atoms with Crippen molar-refractivity contribution in [2.45, 2.75) is 57.4 Å². The topological polar surface area (TPSA) is 73.2 Å². The van der Waals surface area contributed by atoms with Crippen LogP contribution >= 0.6 is 0 Å². The Morgan fingerprint density at radius 3 is 2.50 bits per heavy atom. The van der Waals surface area contributed by atoms with E-state index in [1.165, 1.54) is 0 Å². The van der Waals surface area contributed by atoms with E-state index >= 15 is 0 Å². The van der Waals surface area contributed by atoms with E-state index in [-0.39, 0.29) is 12.1 Å². The van der Waals surface area contributed by atoms with Gasteiger partial charge < -0.3 is 5.32 Å². The van der Waals surface area contributed by atoms with Crippen LogP contribution in [0.25, 0.3) is 0 Å². The van der Waals surface area contributed by atoms with Gasteiger partial charge in [0.1, 0.15) is 0 Å². The quantitative estimate of drug-likeness (QED) is 0.813. The molecule has 3 unspecified atom stereocenters. The smallest absolute Gasteiger partial charge is 0.230 e. The van der Waals surface area contributed by atoms with Gasteiger partial charge in [-0.2, -0.15) is 9.57 Å². The van der Waals surface area contributed by atoms with Crippen LogP contribution in [0.4, 0.5) is 0 Å². The zero-order chi connectivity index (χ0) is 13.8. The van der Waals surface area contributed by atoms with Crippen LogP contribution in [0.1, 0.15) is 40.0 Å². The van der Waals surface area contributed by atoms with Crippen molar-refractivity contribution in [2.24, 2.45) is 0 Å². The SMILES string of the molecule is CCC1CN(S(=O)(=O)C(C#N)CC)C(CC)CN1. The molecule has 1 aliphatic heterocycles. The first kappa shape index (κ1) is 15.4. The maximum absolute atomic E-state index is 12.5. The van der Waals surface area contributed by atoms with Crippen LogP contribution < -0.4 is 5.32 Å². The molecule has 18 heavy (non-hydrogen) atoms. The molecule has 5 nitrogen and oxygen atoms in total. The summed E-state index contributed by atoms with van der Waals surface area (Å²) in [5.41, 5.74) is 0. The Hall–Kier alpha value is -0.640. The second-order valence-electron chi connectivity index (χ2n) is 4.72. The molecule has 1 saturated heterocycles. The van der Waals surface area contributed by atoms with E-state index in [1.807, 2.05) is 19.9 Å². The van der Waals surface area contributed by atoms with Gasteiger partial charge in [-0.25, -0.2) is 8.42 Å². The molecule has 1 heterocycles. The van der Waals surface area contributed by atoms with Crippen LogP contribution in [0.3, 0.4) is 0 Å². The third kappa shape index (κ3) is 3.02. The molecule has 1 N–H and O–H groups in total. The van der Waals surface area contributed by atoms with Crippen LogP contribution in [-0.4, -0.2) is 43.1 Å². The predicted molar refractivity (Wildman–Crippen MR) is 71.5 cm³/mol. The molecule has 0 amide bonds. The molecule has 0 bridgehead atoms. The van der Waals surface area contributed by atoms with E-state index in [9.17, 15) is 8.42 Å². The Morgan fingerprint density at radius 2 is 2.06 bits per heavy atom. The Kier molecular flexibility index (Phi) is 5.57. The van der Waals surface area contributed by atoms with E-state index in [4.69, 9.17) is 5.26 Å². The van der Waals surface area contributed by atoms with Crippen molar-refractivity contribution in [2.75, 3.05) is 13.1 Å². The molecule has 0 aromatic rings. The van der Waals surface area contributed by atoms with Gasteiger partial charge in [0.05, 0.1) is 6.07 Å². The first-order valence-electron chi connectivity index (χ1n) is 6.64. The number of hydrogen-bond donors (Lipinski definition) is 1. The fourth-order valence-corrected chi connectivity index (χ4v) is 4.21. The highest BCUT2D eigenvalue weighted by atomic mass is 32.2. The number of nitrogens with one attached hydrogen (secondary N) is 1. The summed E-state index contributed by atoms with van der Waals surface area (Å²) in [6, 6.07) is 2.08. The lowest BCUT2D eigenvalue weighted by Crippen LogP contribution is -2.59. The van der Waals surface area contributed by atoms with Crippen LogP contribution in [0, 0.1) is 11.3 Å². The molecule has 0 saturated carbocycles. The van der Waals surface area contributed by atoms with Crippen molar-refractivity contribution in [3.05, 3.63) is 0 Å². The molecule has 0 aliphatic carbocycles. The second-order valence-corrected chi connectivity index (χ2v) is 6.78. The minimum absolute atomic E-state index is 0.0276. The van der Waals surface area contributed by atoms with Gasteiger partial charge in [-0.1, -0.05) is 20.8 Å². The number of piperazine rings is 1. The van der Waals surface area contributed by atoms with Crippen LogP contribution in [0.2, 0.25) is 0 Å². The summed E-state index contributed by atoms with van der Waals surface area (Å²) >= 11 is 0. The molecule has 1 aliphatic rings. The van der Waals surface area contributed by atoms with Crippen molar-refractivity contribution >= 4 is 10.0 Å². The van der Waals surface area contributed by atoms with Crippen LogP contribution in [0.15, 0.2) is 0 Å². The minimum atomic E-state index is -3.50. The summed E-state index contributed by atoms with van der Waals surface area (Å²) in [5.74, 6) is 0. The van der Waals surface area contributed by atoms with Crippen molar-refractivity contribution < 1.29 is 8.42 Å². The first-order valence-corrected chi connectivity index (χ1v) is 8.15. The van der Waals surface area contributed by atoms with Gasteiger partial charge in [0.2, 0.25) is 10.0 Å². The first-order chi connectivity index (χ1) is 8.51. The van der Waals surface area contributed by atoms with E-state index in [2.05, 4.69) is 5.32 Å². The van der Waals surface area contributed by atoms with E-state index in [0.29, 0.717) is 19.5 Å². The highest BCUT2D eigenvalue weighted by Crippen LogP contribution is 2.21. The largest absolute Gasteiger partial charge is 0.311 e. The van der Waals surface area contributed by atoms with Gasteiger partial charge in [-0.05, 0) is 19.3 Å². The summed E-state index contributed by atoms with van der Waals surface area (Å²) in [4.78, 5) is 0. The summed E-state index contributed by atoms with van der Waals surface area (Å²) in [5, 5.41) is 11.4. The van der Waals surface area contributed by atoms with Gasteiger partial charge in [-0.3, -0.25) is 0 Å². The van der Waals surface area contributed by atoms with Crippen molar-refractivity contribution in [3.63, 3.8) is 0 Å². The van der Waals surface area contributed by atoms with Gasteiger partial charge in [0.25, 0.3) is 0 Å². The third-order valence-electron chi connectivity index (χ3n) is 3.62. The van der Waals surface area contributed by atoms with Gasteiger partial charge in [0.15, 0.2) is 5.25 Å². The molecular weight excluding hydrogens is 250 g/mol. The average Bonchev–Trinajstić information content (AvgIpc) is 2.39. The maximum Gasteiger partial charge on any atom is 0.230 e. The summed E-state index contributed by atoms with van der Waals surface area (Å²) < 4.78 is 26.5. The molecule has 0 radical (unpaired) electrons. The Labute approximate surface area is 110 Å². The Balaban J connectivity index is 2.98. The lowest BCUT2D eigenvalue weighted by molar-refractivity contribution is 0.214. The summed E-state index contributed by atoms with van der Waals surface area (Å²) in [6.45, 7) is 6.92. The molecule has 104 valence electrons. The highest BCUT2D eigenvalue weighted by Gasteiger charge is 2.38. The fourth-order valence-electron chi connectivity index (χ4n) is 2.30. The Morgan fingerprint density at radius 1 is 1.39 bits per heavy atom. The molecule has 0 aromatic heterocycles. The monoisotopic (exact) mass is 273 g/mol. The zero-order valence-corrected chi connectivity index (χ0v) is 12.2. The van der Waals surface area contributed by atoms with E-state index in [0.717, 1.165) is 12.8 Å². The number of hydrogen-bond acceptors (Lipinski definition) is 4. The maximum atomic E-state index is 12.5. The van der Waals surface area contributed by atoms with E-state index < -0.39 is 15.3 Å². The predicted octanol–water partition coefficient (Wildman–Crippen LogP) is 1.08. The third-order valence-corrected chi connectivity index (χ3v) is 5.87. The normalized spacial score (nSPS) is 27.7. The van der Waals surface area contributed by atoms with E-state index in [1.54, 1.807) is 11.2 Å². The number of rotatable bonds is 5. The minimum Gasteiger partial charge on any atom is -0.311 e. The fraction of sp³-hybridized carbons (Fsp3) is 0.917. The lowest BCUT2D eigenvalue weighted by atomic mass is 10.1. The molecule has 0 aromatic carbocycles. The molecule has 1 fully saturated rings. The zero-order valence-electron chi connectivity index (χ0n) is 11.4. The van der Waals surface area contributed by atoms with Crippen molar-refractivity contribution in [1.82, 2.24) is 9.62 Å². The number of nitriles is 1. The van der Waals surface area contributed by atoms with Crippen molar-refractivity contribution in [1.29, 1.82) is 5.26 Å². The number of nitrogens with zero attached hydrogens (tertiary/aromatic N) is 2. The molecular formula is C12H23N3O2S. The molecule has 1 rings (SSSR count). The van der Waals surface area contributed by atoms with Gasteiger partial charge in [-0.15, -0.1) is 0 Å². The van der Waals surface area contributed by atoms with Crippen molar-refractivity contribution in [3.8, 4) is 6.07 Å². The van der Waals surface area contributed by atoms with Gasteiger partial charge in [0, 0.05) is 25.2 Å². The van der Waals surface area contributed by atoms with Gasteiger partial charge >= 0.3 is 0 Å². The molecule has 0 spiro atoms.